The molecule has 0 atom stereocenters. The highest BCUT2D eigenvalue weighted by molar-refractivity contribution is 6.35. The quantitative estimate of drug-likeness (QED) is 0.778. The zero-order chi connectivity index (χ0) is 21.5. The monoisotopic (exact) mass is 406 g/mol. The number of benzene rings is 2. The molecule has 2 aromatic carbocycles. The van der Waals surface area contributed by atoms with Gasteiger partial charge in [0.15, 0.2) is 5.79 Å². The van der Waals surface area contributed by atoms with Gasteiger partial charge in [0.1, 0.15) is 0 Å². The fraction of sp³-hybridized carbons (Fsp3) is 0.400. The lowest BCUT2D eigenvalue weighted by Crippen LogP contribution is -2.30. The first-order valence-electron chi connectivity index (χ1n) is 10.5. The number of carbonyl (C=O) groups is 1. The van der Waals surface area contributed by atoms with Crippen molar-refractivity contribution in [1.82, 2.24) is 0 Å². The second kappa shape index (κ2) is 7.65. The fourth-order valence-corrected chi connectivity index (χ4v) is 4.17. The van der Waals surface area contributed by atoms with Crippen LogP contribution in [0, 0.1) is 0 Å². The molecule has 0 aromatic heterocycles. The van der Waals surface area contributed by atoms with Crippen molar-refractivity contribution >= 4 is 23.2 Å². The van der Waals surface area contributed by atoms with Crippen LogP contribution in [0.2, 0.25) is 0 Å². The highest BCUT2D eigenvalue weighted by Gasteiger charge is 2.40. The summed E-state index contributed by atoms with van der Waals surface area (Å²) < 4.78 is 11.9. The molecule has 0 bridgehead atoms. The second-order valence-corrected chi connectivity index (χ2v) is 9.01. The summed E-state index contributed by atoms with van der Waals surface area (Å²) in [5.74, 6) is -0.837. The van der Waals surface area contributed by atoms with Crippen LogP contribution in [0.5, 0.6) is 0 Å². The van der Waals surface area contributed by atoms with Crippen molar-refractivity contribution in [3.63, 3.8) is 0 Å². The van der Waals surface area contributed by atoms with E-state index in [0.717, 1.165) is 22.4 Å². The standard InChI is InChI=1S/C25H30N2O3/c1-24(2,3)18-7-5-17(6-8-18)15-21-20-16-19(9-10-22(20)27(4)23(21)28)25(11-12-26)29-13-14-30-25/h5-10,15-16H,11-14,26H2,1-4H3/b21-15-. The molecule has 2 aliphatic heterocycles. The maximum atomic E-state index is 13.0. The Morgan fingerprint density at radius 1 is 1.10 bits per heavy atom. The van der Waals surface area contributed by atoms with Crippen molar-refractivity contribution in [3.05, 3.63) is 64.7 Å². The molecule has 1 saturated heterocycles. The molecule has 158 valence electrons. The Morgan fingerprint density at radius 3 is 2.37 bits per heavy atom. The van der Waals surface area contributed by atoms with Crippen LogP contribution in [0.3, 0.4) is 0 Å². The van der Waals surface area contributed by atoms with E-state index in [9.17, 15) is 4.79 Å². The first kappa shape index (κ1) is 20.8. The third-order valence-corrected chi connectivity index (χ3v) is 5.94. The molecule has 0 radical (unpaired) electrons. The number of likely N-dealkylation sites (N-methyl/N-ethyl adjacent to an activating group) is 1. The van der Waals surface area contributed by atoms with Crippen molar-refractivity contribution in [1.29, 1.82) is 0 Å². The number of anilines is 1. The topological polar surface area (TPSA) is 64.8 Å². The van der Waals surface area contributed by atoms with E-state index in [0.29, 0.717) is 31.8 Å². The van der Waals surface area contributed by atoms with Gasteiger partial charge in [0, 0.05) is 30.2 Å². The Bertz CT molecular complexity index is 980. The number of nitrogens with zero attached hydrogens (tertiary/aromatic N) is 1. The Morgan fingerprint density at radius 2 is 1.77 bits per heavy atom. The van der Waals surface area contributed by atoms with E-state index in [1.54, 1.807) is 4.90 Å². The molecule has 4 rings (SSSR count). The lowest BCUT2D eigenvalue weighted by molar-refractivity contribution is -0.168. The molecule has 2 aliphatic rings. The Hall–Kier alpha value is -2.47. The van der Waals surface area contributed by atoms with E-state index in [4.69, 9.17) is 15.2 Å². The third kappa shape index (κ3) is 3.58. The van der Waals surface area contributed by atoms with E-state index in [1.807, 2.05) is 31.3 Å². The summed E-state index contributed by atoms with van der Waals surface area (Å²) >= 11 is 0. The van der Waals surface area contributed by atoms with Crippen molar-refractivity contribution in [2.24, 2.45) is 5.73 Å². The average Bonchev–Trinajstić information content (AvgIpc) is 3.28. The molecule has 5 nitrogen and oxygen atoms in total. The second-order valence-electron chi connectivity index (χ2n) is 9.01. The van der Waals surface area contributed by atoms with Crippen molar-refractivity contribution in [2.75, 3.05) is 31.7 Å². The molecule has 0 spiro atoms. The minimum atomic E-state index is -0.826. The van der Waals surface area contributed by atoms with E-state index < -0.39 is 5.79 Å². The van der Waals surface area contributed by atoms with Gasteiger partial charge in [-0.2, -0.15) is 0 Å². The Kier molecular flexibility index (Phi) is 5.30. The van der Waals surface area contributed by atoms with Crippen molar-refractivity contribution < 1.29 is 14.3 Å². The first-order valence-corrected chi connectivity index (χ1v) is 10.5. The van der Waals surface area contributed by atoms with Crippen molar-refractivity contribution in [3.8, 4) is 0 Å². The van der Waals surface area contributed by atoms with Gasteiger partial charge in [-0.05, 0) is 41.3 Å². The van der Waals surface area contributed by atoms with E-state index in [-0.39, 0.29) is 11.3 Å². The van der Waals surface area contributed by atoms with Gasteiger partial charge in [-0.15, -0.1) is 0 Å². The molecule has 5 heteroatoms. The number of amides is 1. The number of fused-ring (bicyclic) bond motifs is 1. The van der Waals surface area contributed by atoms with Gasteiger partial charge >= 0.3 is 0 Å². The number of hydrogen-bond acceptors (Lipinski definition) is 4. The minimum Gasteiger partial charge on any atom is -0.343 e. The largest absolute Gasteiger partial charge is 0.343 e. The lowest BCUT2D eigenvalue weighted by Gasteiger charge is -2.28. The molecule has 0 saturated carbocycles. The molecule has 1 amide bonds. The minimum absolute atomic E-state index is 0.0109. The van der Waals surface area contributed by atoms with Crippen LogP contribution in [-0.2, 0) is 25.5 Å². The molecular formula is C25H30N2O3. The number of carbonyl (C=O) groups excluding carboxylic acids is 1. The molecule has 1 fully saturated rings. The summed E-state index contributed by atoms with van der Waals surface area (Å²) in [5.41, 5.74) is 11.6. The predicted octanol–water partition coefficient (Wildman–Crippen LogP) is 4.05. The van der Waals surface area contributed by atoms with Gasteiger partial charge in [0.05, 0.1) is 18.9 Å². The van der Waals surface area contributed by atoms with Crippen LogP contribution in [-0.4, -0.2) is 32.7 Å². The molecule has 0 aliphatic carbocycles. The van der Waals surface area contributed by atoms with Crippen LogP contribution < -0.4 is 10.6 Å². The summed E-state index contributed by atoms with van der Waals surface area (Å²) in [6.07, 6.45) is 2.54. The summed E-state index contributed by atoms with van der Waals surface area (Å²) in [5, 5.41) is 0. The van der Waals surface area contributed by atoms with Crippen molar-refractivity contribution in [2.45, 2.75) is 38.4 Å². The van der Waals surface area contributed by atoms with E-state index in [2.05, 4.69) is 45.0 Å². The van der Waals surface area contributed by atoms with Crippen LogP contribution in [0.1, 0.15) is 49.4 Å². The van der Waals surface area contributed by atoms with E-state index >= 15 is 0 Å². The Balaban J connectivity index is 1.75. The van der Waals surface area contributed by atoms with Gasteiger partial charge in [-0.3, -0.25) is 4.79 Å². The molecule has 2 heterocycles. The number of ether oxygens (including phenoxy) is 2. The highest BCUT2D eigenvalue weighted by Crippen LogP contribution is 2.42. The SMILES string of the molecule is CN1C(=O)/C(=C\c2ccc(C(C)(C)C)cc2)c2cc(C3(CCN)OCCO3)ccc21. The van der Waals surface area contributed by atoms with Crippen LogP contribution in [0.4, 0.5) is 5.69 Å². The molecule has 2 N–H and O–H groups in total. The number of hydrogen-bond donors (Lipinski definition) is 1. The third-order valence-electron chi connectivity index (χ3n) is 5.94. The Labute approximate surface area is 178 Å². The van der Waals surface area contributed by atoms with Gasteiger partial charge in [0.2, 0.25) is 0 Å². The summed E-state index contributed by atoms with van der Waals surface area (Å²) in [4.78, 5) is 14.7. The average molecular weight is 407 g/mol. The van der Waals surface area contributed by atoms with Gasteiger partial charge in [0.25, 0.3) is 5.91 Å². The lowest BCUT2D eigenvalue weighted by atomic mass is 9.86. The fourth-order valence-electron chi connectivity index (χ4n) is 4.17. The number of rotatable bonds is 4. The smallest absolute Gasteiger partial charge is 0.258 e. The first-order chi connectivity index (χ1) is 14.2. The maximum absolute atomic E-state index is 13.0. The van der Waals surface area contributed by atoms with Crippen LogP contribution in [0.25, 0.3) is 11.6 Å². The zero-order valence-corrected chi connectivity index (χ0v) is 18.2. The molecule has 2 aromatic rings. The maximum Gasteiger partial charge on any atom is 0.258 e. The van der Waals surface area contributed by atoms with Crippen LogP contribution in [0.15, 0.2) is 42.5 Å². The molecule has 0 unspecified atom stereocenters. The van der Waals surface area contributed by atoms with Crippen LogP contribution >= 0.6 is 0 Å². The molecular weight excluding hydrogens is 376 g/mol. The number of nitrogens with two attached hydrogens (primary N) is 1. The zero-order valence-electron chi connectivity index (χ0n) is 18.2. The summed E-state index contributed by atoms with van der Waals surface area (Å²) in [6, 6.07) is 14.4. The summed E-state index contributed by atoms with van der Waals surface area (Å²) in [6.45, 7) is 8.12. The highest BCUT2D eigenvalue weighted by atomic mass is 16.7. The normalized spacial score (nSPS) is 19.6. The van der Waals surface area contributed by atoms with Gasteiger partial charge in [-0.25, -0.2) is 0 Å². The molecule has 30 heavy (non-hydrogen) atoms. The van der Waals surface area contributed by atoms with Gasteiger partial charge in [-0.1, -0.05) is 51.1 Å². The predicted molar refractivity (Wildman–Crippen MR) is 120 cm³/mol. The summed E-state index contributed by atoms with van der Waals surface area (Å²) in [7, 11) is 1.81. The van der Waals surface area contributed by atoms with E-state index in [1.165, 1.54) is 5.56 Å². The van der Waals surface area contributed by atoms with Gasteiger partial charge < -0.3 is 20.1 Å².